The van der Waals surface area contributed by atoms with Gasteiger partial charge in [-0.3, -0.25) is 0 Å². The molecule has 4 nitrogen and oxygen atoms in total. The molecule has 0 aromatic rings. The van der Waals surface area contributed by atoms with E-state index in [4.69, 9.17) is 0 Å². The Labute approximate surface area is 84.3 Å². The molecule has 1 aliphatic heterocycles. The number of hydrogen-bond donors (Lipinski definition) is 1. The van der Waals surface area contributed by atoms with Gasteiger partial charge >= 0.3 is 0 Å². The monoisotopic (exact) mass is 217 g/mol. The van der Waals surface area contributed by atoms with Crippen LogP contribution >= 0.6 is 0 Å². The largest absolute Gasteiger partial charge is 0.391 e. The zero-order valence-electron chi connectivity index (χ0n) is 7.96. The van der Waals surface area contributed by atoms with Gasteiger partial charge in [-0.15, -0.1) is 0 Å². The maximum absolute atomic E-state index is 11.4. The molecule has 80 valence electrons. The fourth-order valence-electron chi connectivity index (χ4n) is 2.08. The topological polar surface area (TPSA) is 57.6 Å². The average molecular weight is 217 g/mol. The average Bonchev–Trinajstić information content (AvgIpc) is 2.90. The number of nitrogens with zero attached hydrogens (tertiary/aromatic N) is 1. The fraction of sp³-hybridized carbons (Fsp3) is 0.778. The Morgan fingerprint density at radius 1 is 1.36 bits per heavy atom. The first-order valence-electron chi connectivity index (χ1n) is 4.85. The van der Waals surface area contributed by atoms with Crippen LogP contribution in [0.1, 0.15) is 12.8 Å². The van der Waals surface area contributed by atoms with Gasteiger partial charge in [-0.1, -0.05) is 6.58 Å². The van der Waals surface area contributed by atoms with Gasteiger partial charge in [-0.25, -0.2) is 8.42 Å². The van der Waals surface area contributed by atoms with E-state index in [9.17, 15) is 13.5 Å². The number of β-amino-alcohol motifs (C(OH)–C–C–N with tert-alkyl or cyclic N) is 1. The molecule has 1 heterocycles. The number of aliphatic hydroxyl groups excluding tert-OH is 1. The van der Waals surface area contributed by atoms with E-state index in [1.165, 1.54) is 4.31 Å². The highest BCUT2D eigenvalue weighted by Gasteiger charge is 2.44. The van der Waals surface area contributed by atoms with Gasteiger partial charge in [0.15, 0.2) is 0 Å². The van der Waals surface area contributed by atoms with Gasteiger partial charge in [0.2, 0.25) is 10.0 Å². The van der Waals surface area contributed by atoms with Crippen LogP contribution in [0.15, 0.2) is 12.0 Å². The second-order valence-corrected chi connectivity index (χ2v) is 5.98. The van der Waals surface area contributed by atoms with Crippen molar-refractivity contribution >= 4 is 10.0 Å². The Balaban J connectivity index is 2.09. The third kappa shape index (κ3) is 1.71. The van der Waals surface area contributed by atoms with Crippen LogP contribution in [0.25, 0.3) is 0 Å². The zero-order valence-corrected chi connectivity index (χ0v) is 8.78. The fourth-order valence-corrected chi connectivity index (χ4v) is 3.03. The summed E-state index contributed by atoms with van der Waals surface area (Å²) >= 11 is 0. The lowest BCUT2D eigenvalue weighted by Crippen LogP contribution is -2.27. The van der Waals surface area contributed by atoms with Gasteiger partial charge in [0.05, 0.1) is 6.10 Å². The molecule has 1 saturated carbocycles. The Hall–Kier alpha value is -0.390. The molecule has 0 aromatic heterocycles. The number of aliphatic hydroxyl groups is 1. The van der Waals surface area contributed by atoms with Crippen LogP contribution in [0.4, 0.5) is 0 Å². The lowest BCUT2D eigenvalue weighted by atomic mass is 10.0. The minimum absolute atomic E-state index is 0.143. The Morgan fingerprint density at radius 3 is 2.50 bits per heavy atom. The molecule has 1 N–H and O–H groups in total. The standard InChI is InChI=1S/C9H15NO3S/c1-2-14(12,13)10-5-8(7-3-4-7)9(11)6-10/h2,7-9,11H,1,3-6H2/t8-,9+/m0/s1. The molecule has 2 fully saturated rings. The van der Waals surface area contributed by atoms with Gasteiger partial charge in [0.25, 0.3) is 0 Å². The van der Waals surface area contributed by atoms with Crippen LogP contribution in [0, 0.1) is 11.8 Å². The van der Waals surface area contributed by atoms with Gasteiger partial charge in [0.1, 0.15) is 0 Å². The highest BCUT2D eigenvalue weighted by molar-refractivity contribution is 7.92. The summed E-state index contributed by atoms with van der Waals surface area (Å²) in [4.78, 5) is 0. The molecule has 1 saturated heterocycles. The summed E-state index contributed by atoms with van der Waals surface area (Å²) < 4.78 is 24.2. The Bertz CT molecular complexity index is 334. The van der Waals surface area contributed by atoms with Crippen LogP contribution in [0.2, 0.25) is 0 Å². The minimum atomic E-state index is -3.33. The van der Waals surface area contributed by atoms with Gasteiger partial charge in [-0.2, -0.15) is 4.31 Å². The van der Waals surface area contributed by atoms with Crippen molar-refractivity contribution < 1.29 is 13.5 Å². The SMILES string of the molecule is C=CS(=O)(=O)N1C[C@@H](O)[C@H](C2CC2)C1. The van der Waals surface area contributed by atoms with Crippen molar-refractivity contribution in [2.75, 3.05) is 13.1 Å². The predicted molar refractivity (Wildman–Crippen MR) is 52.9 cm³/mol. The summed E-state index contributed by atoms with van der Waals surface area (Å²) in [5, 5.41) is 10.6. The van der Waals surface area contributed by atoms with Crippen LogP contribution in [0.5, 0.6) is 0 Å². The Morgan fingerprint density at radius 2 is 2.00 bits per heavy atom. The summed E-state index contributed by atoms with van der Waals surface area (Å²) in [6.07, 6.45) is 1.77. The molecule has 14 heavy (non-hydrogen) atoms. The second kappa shape index (κ2) is 3.32. The summed E-state index contributed by atoms with van der Waals surface area (Å²) in [7, 11) is -3.33. The van der Waals surface area contributed by atoms with Crippen molar-refractivity contribution in [1.29, 1.82) is 0 Å². The van der Waals surface area contributed by atoms with E-state index in [2.05, 4.69) is 6.58 Å². The maximum Gasteiger partial charge on any atom is 0.235 e. The first-order valence-corrected chi connectivity index (χ1v) is 6.35. The molecule has 2 rings (SSSR count). The van der Waals surface area contributed by atoms with Crippen LogP contribution in [-0.4, -0.2) is 37.0 Å². The van der Waals surface area contributed by atoms with Crippen molar-refractivity contribution in [2.45, 2.75) is 18.9 Å². The molecule has 0 amide bonds. The lowest BCUT2D eigenvalue weighted by molar-refractivity contribution is 0.135. The molecule has 0 bridgehead atoms. The minimum Gasteiger partial charge on any atom is -0.391 e. The summed E-state index contributed by atoms with van der Waals surface area (Å²) in [6, 6.07) is 0. The van der Waals surface area contributed by atoms with E-state index in [0.29, 0.717) is 12.5 Å². The smallest absolute Gasteiger partial charge is 0.235 e. The predicted octanol–water partition coefficient (Wildman–Crippen LogP) is 0.162. The first-order chi connectivity index (χ1) is 6.54. The van der Waals surface area contributed by atoms with Crippen molar-refractivity contribution in [3.05, 3.63) is 12.0 Å². The summed E-state index contributed by atoms with van der Waals surface area (Å²) in [5.41, 5.74) is 0. The number of rotatable bonds is 3. The molecule has 0 radical (unpaired) electrons. The van der Waals surface area contributed by atoms with Crippen molar-refractivity contribution in [3.8, 4) is 0 Å². The molecular weight excluding hydrogens is 202 g/mol. The van der Waals surface area contributed by atoms with E-state index in [-0.39, 0.29) is 12.5 Å². The highest BCUT2D eigenvalue weighted by Crippen LogP contribution is 2.41. The van der Waals surface area contributed by atoms with E-state index >= 15 is 0 Å². The molecule has 2 aliphatic rings. The van der Waals surface area contributed by atoms with Gasteiger partial charge in [-0.05, 0) is 18.8 Å². The van der Waals surface area contributed by atoms with Gasteiger partial charge < -0.3 is 5.11 Å². The number of sulfonamides is 1. The maximum atomic E-state index is 11.4. The van der Waals surface area contributed by atoms with Crippen molar-refractivity contribution in [3.63, 3.8) is 0 Å². The second-order valence-electron chi connectivity index (χ2n) is 4.10. The van der Waals surface area contributed by atoms with Crippen molar-refractivity contribution in [2.24, 2.45) is 11.8 Å². The summed E-state index contributed by atoms with van der Waals surface area (Å²) in [6.45, 7) is 3.97. The third-order valence-electron chi connectivity index (χ3n) is 3.10. The molecule has 5 heteroatoms. The van der Waals surface area contributed by atoms with Crippen molar-refractivity contribution in [1.82, 2.24) is 4.31 Å². The first kappa shape index (κ1) is 10.1. The summed E-state index contributed by atoms with van der Waals surface area (Å²) in [5.74, 6) is 0.680. The normalized spacial score (nSPS) is 34.6. The van der Waals surface area contributed by atoms with Crippen LogP contribution < -0.4 is 0 Å². The van der Waals surface area contributed by atoms with E-state index in [1.807, 2.05) is 0 Å². The zero-order chi connectivity index (χ0) is 10.3. The van der Waals surface area contributed by atoms with Crippen LogP contribution in [0.3, 0.4) is 0 Å². The molecule has 0 unspecified atom stereocenters. The van der Waals surface area contributed by atoms with Gasteiger partial charge in [0, 0.05) is 24.4 Å². The van der Waals surface area contributed by atoms with Crippen LogP contribution in [-0.2, 0) is 10.0 Å². The highest BCUT2D eigenvalue weighted by atomic mass is 32.2. The molecule has 1 aliphatic carbocycles. The Kier molecular flexibility index (Phi) is 2.41. The molecular formula is C9H15NO3S. The third-order valence-corrected chi connectivity index (χ3v) is 4.54. The van der Waals surface area contributed by atoms with E-state index in [0.717, 1.165) is 18.2 Å². The molecule has 0 aromatic carbocycles. The lowest BCUT2D eigenvalue weighted by Gasteiger charge is -2.12. The molecule has 2 atom stereocenters. The van der Waals surface area contributed by atoms with E-state index < -0.39 is 16.1 Å². The molecule has 0 spiro atoms. The quantitative estimate of drug-likeness (QED) is 0.732. The number of hydrogen-bond acceptors (Lipinski definition) is 3. The van der Waals surface area contributed by atoms with E-state index in [1.54, 1.807) is 0 Å².